The first-order chi connectivity index (χ1) is 19.5. The maximum Gasteiger partial charge on any atom is 0.264 e. The third-order valence-corrected chi connectivity index (χ3v) is 9.15. The van der Waals surface area contributed by atoms with Gasteiger partial charge in [-0.15, -0.1) is 0 Å². The van der Waals surface area contributed by atoms with E-state index in [4.69, 9.17) is 23.2 Å². The smallest absolute Gasteiger partial charge is 0.264 e. The van der Waals surface area contributed by atoms with Crippen molar-refractivity contribution in [2.24, 2.45) is 0 Å². The van der Waals surface area contributed by atoms with Gasteiger partial charge in [-0.2, -0.15) is 0 Å². The average molecular weight is 633 g/mol. The molecule has 0 aliphatic rings. The van der Waals surface area contributed by atoms with Gasteiger partial charge in [0.15, 0.2) is 0 Å². The zero-order valence-corrected chi connectivity index (χ0v) is 27.5. The van der Waals surface area contributed by atoms with Crippen molar-refractivity contribution >= 4 is 50.7 Å². The van der Waals surface area contributed by atoms with Gasteiger partial charge in [-0.25, -0.2) is 8.42 Å². The summed E-state index contributed by atoms with van der Waals surface area (Å²) in [6.45, 7) is 12.3. The highest BCUT2D eigenvalue weighted by atomic mass is 35.5. The van der Waals surface area contributed by atoms with E-state index in [9.17, 15) is 18.0 Å². The van der Waals surface area contributed by atoms with E-state index < -0.39 is 34.1 Å². The molecule has 0 unspecified atom stereocenters. The van der Waals surface area contributed by atoms with Crippen molar-refractivity contribution < 1.29 is 18.0 Å². The van der Waals surface area contributed by atoms with Crippen LogP contribution in [-0.4, -0.2) is 43.3 Å². The Hall–Kier alpha value is -3.07. The van der Waals surface area contributed by atoms with Crippen LogP contribution in [0.25, 0.3) is 0 Å². The summed E-state index contributed by atoms with van der Waals surface area (Å²) >= 11 is 13.0. The first-order valence-electron chi connectivity index (χ1n) is 13.8. The largest absolute Gasteiger partial charge is 0.350 e. The van der Waals surface area contributed by atoms with E-state index in [2.05, 4.69) is 5.32 Å². The fraction of sp³-hybridized carbons (Fsp3) is 0.375. The maximum atomic E-state index is 14.3. The molecule has 7 nitrogen and oxygen atoms in total. The van der Waals surface area contributed by atoms with Crippen LogP contribution in [0.15, 0.2) is 65.6 Å². The second-order valence-electron chi connectivity index (χ2n) is 11.6. The number of nitrogens with zero attached hydrogens (tertiary/aromatic N) is 2. The Balaban J connectivity index is 2.15. The van der Waals surface area contributed by atoms with E-state index >= 15 is 0 Å². The standard InChI is InChI=1S/C32H39Cl2N3O4S/c1-8-29(31(39)35-32(5,6)7)36(19-26-27(33)10-9-11-28(26)34)30(38)20-37(24-17-22(3)16-23(4)18-24)42(40,41)25-14-12-21(2)13-15-25/h9-18,29H,8,19-20H2,1-7H3,(H,35,39)/t29-/m1/s1. The van der Waals surface area contributed by atoms with E-state index in [1.54, 1.807) is 49.4 Å². The summed E-state index contributed by atoms with van der Waals surface area (Å²) in [6, 6.07) is 16.0. The molecule has 10 heteroatoms. The number of halogens is 2. The topological polar surface area (TPSA) is 86.8 Å². The summed E-state index contributed by atoms with van der Waals surface area (Å²) in [4.78, 5) is 29.2. The minimum Gasteiger partial charge on any atom is -0.350 e. The number of hydrogen-bond acceptors (Lipinski definition) is 4. The predicted molar refractivity (Wildman–Crippen MR) is 171 cm³/mol. The van der Waals surface area contributed by atoms with Crippen LogP contribution in [-0.2, 0) is 26.2 Å². The minimum atomic E-state index is -4.17. The number of aryl methyl sites for hydroxylation is 3. The molecule has 0 fully saturated rings. The Morgan fingerprint density at radius 2 is 1.43 bits per heavy atom. The van der Waals surface area contributed by atoms with Gasteiger partial charge in [-0.3, -0.25) is 13.9 Å². The Labute approximate surface area is 259 Å². The van der Waals surface area contributed by atoms with E-state index in [0.29, 0.717) is 21.3 Å². The molecule has 0 saturated heterocycles. The monoisotopic (exact) mass is 631 g/mol. The predicted octanol–water partition coefficient (Wildman–Crippen LogP) is 6.84. The first kappa shape index (κ1) is 33.4. The summed E-state index contributed by atoms with van der Waals surface area (Å²) in [5.74, 6) is -0.933. The summed E-state index contributed by atoms with van der Waals surface area (Å²) in [6.07, 6.45) is 0.282. The number of carbonyl (C=O) groups excluding carboxylic acids is 2. The lowest BCUT2D eigenvalue weighted by atomic mass is 10.1. The van der Waals surface area contributed by atoms with Gasteiger partial charge < -0.3 is 10.2 Å². The van der Waals surface area contributed by atoms with Gasteiger partial charge in [0.1, 0.15) is 12.6 Å². The van der Waals surface area contributed by atoms with Crippen molar-refractivity contribution in [1.29, 1.82) is 0 Å². The second-order valence-corrected chi connectivity index (χ2v) is 14.2. The fourth-order valence-corrected chi connectivity index (χ4v) is 6.60. The van der Waals surface area contributed by atoms with E-state index in [0.717, 1.165) is 21.0 Å². The second kappa shape index (κ2) is 13.5. The summed E-state index contributed by atoms with van der Waals surface area (Å²) in [5.41, 5.74) is 2.86. The normalized spacial score (nSPS) is 12.5. The van der Waals surface area contributed by atoms with Crippen LogP contribution >= 0.6 is 23.2 Å². The van der Waals surface area contributed by atoms with Gasteiger partial charge in [0.05, 0.1) is 10.6 Å². The molecule has 1 N–H and O–H groups in total. The SMILES string of the molecule is CC[C@H](C(=O)NC(C)(C)C)N(Cc1c(Cl)cccc1Cl)C(=O)CN(c1cc(C)cc(C)c1)S(=O)(=O)c1ccc(C)cc1. The first-order valence-corrected chi connectivity index (χ1v) is 15.9. The highest BCUT2D eigenvalue weighted by Gasteiger charge is 2.35. The molecule has 3 aromatic rings. The van der Waals surface area contributed by atoms with E-state index in [1.807, 2.05) is 47.6 Å². The number of carbonyl (C=O) groups is 2. The molecule has 0 aromatic heterocycles. The van der Waals surface area contributed by atoms with Crippen molar-refractivity contribution in [1.82, 2.24) is 10.2 Å². The van der Waals surface area contributed by atoms with Gasteiger partial charge in [0.2, 0.25) is 11.8 Å². The zero-order valence-electron chi connectivity index (χ0n) is 25.2. The van der Waals surface area contributed by atoms with Crippen LogP contribution < -0.4 is 9.62 Å². The molecule has 0 bridgehead atoms. The zero-order chi connectivity index (χ0) is 31.4. The van der Waals surface area contributed by atoms with Gasteiger partial charge >= 0.3 is 0 Å². The van der Waals surface area contributed by atoms with Gasteiger partial charge in [0.25, 0.3) is 10.0 Å². The van der Waals surface area contributed by atoms with Crippen LogP contribution in [0.3, 0.4) is 0 Å². The molecule has 1 atom stereocenters. The minimum absolute atomic E-state index is 0.0540. The van der Waals surface area contributed by atoms with Crippen LogP contribution in [0.2, 0.25) is 10.0 Å². The van der Waals surface area contributed by atoms with Crippen LogP contribution in [0, 0.1) is 20.8 Å². The summed E-state index contributed by atoms with van der Waals surface area (Å²) < 4.78 is 29.3. The molecule has 0 spiro atoms. The molecule has 0 radical (unpaired) electrons. The Morgan fingerprint density at radius 1 is 0.881 bits per heavy atom. The van der Waals surface area contributed by atoms with Crippen molar-refractivity contribution in [3.63, 3.8) is 0 Å². The molecular formula is C32H39Cl2N3O4S. The Bertz CT molecular complexity index is 1510. The van der Waals surface area contributed by atoms with Crippen molar-refractivity contribution in [3.8, 4) is 0 Å². The van der Waals surface area contributed by atoms with Crippen LogP contribution in [0.1, 0.15) is 56.4 Å². The van der Waals surface area contributed by atoms with Crippen molar-refractivity contribution in [2.75, 3.05) is 10.8 Å². The molecule has 226 valence electrons. The number of rotatable bonds is 10. The molecule has 3 rings (SSSR count). The lowest BCUT2D eigenvalue weighted by molar-refractivity contribution is -0.141. The number of hydrogen-bond donors (Lipinski definition) is 1. The quantitative estimate of drug-likeness (QED) is 0.265. The molecule has 0 heterocycles. The van der Waals surface area contributed by atoms with Crippen LogP contribution in [0.5, 0.6) is 0 Å². The third-order valence-electron chi connectivity index (χ3n) is 6.66. The molecule has 3 aromatic carbocycles. The summed E-state index contributed by atoms with van der Waals surface area (Å²) in [7, 11) is -4.17. The van der Waals surface area contributed by atoms with Gasteiger partial charge in [-0.05, 0) is 95.5 Å². The molecule has 0 aliphatic carbocycles. The van der Waals surface area contributed by atoms with Crippen molar-refractivity contribution in [2.45, 2.75) is 77.9 Å². The highest BCUT2D eigenvalue weighted by Crippen LogP contribution is 2.29. The molecule has 42 heavy (non-hydrogen) atoms. The number of nitrogens with one attached hydrogen (secondary N) is 1. The third kappa shape index (κ3) is 8.27. The van der Waals surface area contributed by atoms with Gasteiger partial charge in [-0.1, -0.05) is 60.0 Å². The maximum absolute atomic E-state index is 14.3. The lowest BCUT2D eigenvalue weighted by Crippen LogP contribution is -2.55. The molecule has 0 aliphatic heterocycles. The number of sulfonamides is 1. The molecular weight excluding hydrogens is 593 g/mol. The molecule has 0 saturated carbocycles. The highest BCUT2D eigenvalue weighted by molar-refractivity contribution is 7.92. The lowest BCUT2D eigenvalue weighted by Gasteiger charge is -2.35. The van der Waals surface area contributed by atoms with E-state index in [1.165, 1.54) is 17.0 Å². The van der Waals surface area contributed by atoms with Gasteiger partial charge in [0, 0.05) is 27.7 Å². The number of anilines is 1. The average Bonchev–Trinajstić information content (AvgIpc) is 2.87. The number of benzene rings is 3. The van der Waals surface area contributed by atoms with Crippen molar-refractivity contribution in [3.05, 3.63) is 93.0 Å². The van der Waals surface area contributed by atoms with Crippen LogP contribution in [0.4, 0.5) is 5.69 Å². The molecule has 2 amide bonds. The van der Waals surface area contributed by atoms with E-state index in [-0.39, 0.29) is 23.8 Å². The number of amides is 2. The Morgan fingerprint density at radius 3 is 1.93 bits per heavy atom. The summed E-state index contributed by atoms with van der Waals surface area (Å²) in [5, 5.41) is 3.63. The Kier molecular flexibility index (Phi) is 10.7. The fourth-order valence-electron chi connectivity index (χ4n) is 4.69.